The molecule has 0 saturated carbocycles. The van der Waals surface area contributed by atoms with Crippen LogP contribution in [-0.2, 0) is 54.4 Å². The van der Waals surface area contributed by atoms with Crippen LogP contribution in [0.15, 0.2) is 12.5 Å². The summed E-state index contributed by atoms with van der Waals surface area (Å²) in [5.74, 6) is -7.91. The Balaban J connectivity index is 2.24. The van der Waals surface area contributed by atoms with Gasteiger partial charge >= 0.3 is 0 Å². The minimum absolute atomic E-state index is 0.00185. The van der Waals surface area contributed by atoms with Gasteiger partial charge in [0, 0.05) is 44.5 Å². The Morgan fingerprint density at radius 3 is 1.61 bits per heavy atom. The van der Waals surface area contributed by atoms with E-state index in [2.05, 4.69) is 57.8 Å². The van der Waals surface area contributed by atoms with E-state index in [0.29, 0.717) is 96.1 Å². The van der Waals surface area contributed by atoms with Gasteiger partial charge in [-0.25, -0.2) is 4.98 Å². The van der Waals surface area contributed by atoms with Gasteiger partial charge in [-0.1, -0.05) is 6.42 Å². The van der Waals surface area contributed by atoms with Crippen LogP contribution in [0, 0.1) is 0 Å². The van der Waals surface area contributed by atoms with E-state index >= 15 is 0 Å². The fourth-order valence-corrected chi connectivity index (χ4v) is 8.72. The van der Waals surface area contributed by atoms with Crippen LogP contribution in [0.2, 0.25) is 0 Å². The molecule has 1 fully saturated rings. The van der Waals surface area contributed by atoms with Crippen molar-refractivity contribution in [1.82, 2.24) is 62.7 Å². The zero-order chi connectivity index (χ0) is 61.0. The van der Waals surface area contributed by atoms with Gasteiger partial charge in [-0.2, -0.15) is 0 Å². The summed E-state index contributed by atoms with van der Waals surface area (Å²) in [6.07, 6.45) is 5.14. The number of H-pyrrole nitrogens is 1. The summed E-state index contributed by atoms with van der Waals surface area (Å²) in [5.41, 5.74) is 45.8. The molecule has 10 amide bonds. The fraction of sp³-hybridized carbons (Fsp3) is 0.740. The Kier molecular flexibility index (Phi) is 35.5. The predicted octanol–water partition coefficient (Wildman–Crippen LogP) is -8.97. The van der Waals surface area contributed by atoms with Gasteiger partial charge in [0.05, 0.1) is 37.7 Å². The average molecular weight is 1170 g/mol. The second-order valence-electron chi connectivity index (χ2n) is 20.0. The van der Waals surface area contributed by atoms with Crippen molar-refractivity contribution in [3.63, 3.8) is 0 Å². The summed E-state index contributed by atoms with van der Waals surface area (Å²) in [4.78, 5) is 144. The molecule has 82 heavy (non-hydrogen) atoms. The van der Waals surface area contributed by atoms with Crippen molar-refractivity contribution in [2.45, 2.75) is 163 Å². The topological polar surface area (TPSA) is 560 Å². The Hall–Kier alpha value is -6.49. The number of hydrogen-bond acceptors (Lipinski definition) is 21. The number of likely N-dealkylation sites (tertiary alicyclic amines) is 1. The lowest BCUT2D eigenvalue weighted by Gasteiger charge is -2.30. The molecule has 466 valence electrons. The summed E-state index contributed by atoms with van der Waals surface area (Å²) in [6, 6.07) is -10.5. The number of nitrogens with two attached hydrogens (primary N) is 8. The highest BCUT2D eigenvalue weighted by Gasteiger charge is 2.40. The minimum Gasteiger partial charge on any atom is -0.389 e. The number of aliphatic hydroxyl groups excluding tert-OH is 2. The third-order valence-electron chi connectivity index (χ3n) is 13.5. The molecule has 3 unspecified atom stereocenters. The second kappa shape index (κ2) is 40.7. The number of rotatable bonds is 43. The molecule has 10 atom stereocenters. The highest BCUT2D eigenvalue weighted by molar-refractivity contribution is 5.98. The van der Waals surface area contributed by atoms with Gasteiger partial charge in [-0.3, -0.25) is 47.9 Å². The number of carbonyl (C=O) groups is 10. The molecular formula is C50H94N20O12. The number of carbonyl (C=O) groups excluding carboxylic acids is 10. The molecule has 0 aromatic carbocycles. The molecular weight excluding hydrogens is 1070 g/mol. The molecule has 0 bridgehead atoms. The third-order valence-corrected chi connectivity index (χ3v) is 13.5. The van der Waals surface area contributed by atoms with Crippen LogP contribution in [0.1, 0.15) is 102 Å². The summed E-state index contributed by atoms with van der Waals surface area (Å²) >= 11 is 0. The largest absolute Gasteiger partial charge is 0.389 e. The van der Waals surface area contributed by atoms with Crippen molar-refractivity contribution in [1.29, 1.82) is 0 Å². The minimum atomic E-state index is -1.82. The van der Waals surface area contributed by atoms with Crippen LogP contribution >= 0.6 is 0 Å². The van der Waals surface area contributed by atoms with Crippen LogP contribution in [0.25, 0.3) is 0 Å². The predicted molar refractivity (Wildman–Crippen MR) is 301 cm³/mol. The van der Waals surface area contributed by atoms with Gasteiger partial charge in [0.15, 0.2) is 0 Å². The quantitative estimate of drug-likeness (QED) is 0.0270. The molecule has 0 spiro atoms. The van der Waals surface area contributed by atoms with Crippen molar-refractivity contribution >= 4 is 59.1 Å². The van der Waals surface area contributed by atoms with Crippen LogP contribution in [0.4, 0.5) is 0 Å². The lowest BCUT2D eigenvalue weighted by atomic mass is 10.0. The Bertz CT molecular complexity index is 2130. The number of amides is 10. The number of aromatic nitrogens is 2. The van der Waals surface area contributed by atoms with E-state index in [1.165, 1.54) is 17.4 Å². The second-order valence-corrected chi connectivity index (χ2v) is 20.0. The Morgan fingerprint density at radius 1 is 0.549 bits per heavy atom. The molecule has 1 aliphatic heterocycles. The number of imidazole rings is 1. The lowest BCUT2D eigenvalue weighted by Crippen LogP contribution is -2.63. The molecule has 1 aliphatic rings. The molecule has 32 heteroatoms. The van der Waals surface area contributed by atoms with Crippen LogP contribution in [0.5, 0.6) is 0 Å². The number of aromatic amines is 1. The maximum Gasteiger partial charge on any atom is 0.246 e. The molecule has 0 radical (unpaired) electrons. The van der Waals surface area contributed by atoms with E-state index < -0.39 is 146 Å². The molecule has 32 nitrogen and oxygen atoms in total. The molecule has 2 rings (SSSR count). The number of nitrogens with one attached hydrogen (secondary N) is 10. The molecule has 28 N–H and O–H groups in total. The van der Waals surface area contributed by atoms with Crippen molar-refractivity contribution in [3.8, 4) is 0 Å². The molecule has 1 saturated heterocycles. The summed E-state index contributed by atoms with van der Waals surface area (Å²) in [7, 11) is 0. The number of unbranched alkanes of at least 4 members (excludes halogenated alkanes) is 4. The maximum atomic E-state index is 14.3. The van der Waals surface area contributed by atoms with Gasteiger partial charge in [-0.05, 0) is 123 Å². The summed E-state index contributed by atoms with van der Waals surface area (Å²) in [5, 5.41) is 44.0. The zero-order valence-corrected chi connectivity index (χ0v) is 47.0. The smallest absolute Gasteiger partial charge is 0.246 e. The van der Waals surface area contributed by atoms with E-state index in [-0.39, 0.29) is 58.2 Å². The van der Waals surface area contributed by atoms with E-state index in [0.717, 1.165) is 0 Å². The van der Waals surface area contributed by atoms with E-state index in [4.69, 9.17) is 45.9 Å². The van der Waals surface area contributed by atoms with E-state index in [1.54, 1.807) is 0 Å². The molecule has 2 heterocycles. The van der Waals surface area contributed by atoms with E-state index in [1.807, 2.05) is 0 Å². The Labute approximate surface area is 478 Å². The van der Waals surface area contributed by atoms with Gasteiger partial charge in [0.2, 0.25) is 59.1 Å². The van der Waals surface area contributed by atoms with Gasteiger partial charge in [-0.15, -0.1) is 0 Å². The van der Waals surface area contributed by atoms with Crippen molar-refractivity contribution in [2.75, 3.05) is 72.0 Å². The SMILES string of the molecule is NCCCCNC(=O)[C@H](CCCCN)NC(=O)CNC(=O)[C@H](CCCCN)NC(=O)C(Cc1cnc[nH]1)NC(=O)C1CCCN1C(=O)[C@@H](CCCN)NC(=O)CNC(=O)[C@@H](NC(=O)[C@@H](NC(=O)C(N)CCCCN)[C@@H](O)CN)[C@@H](O)CN. The first kappa shape index (κ1) is 71.6. The standard InChI is InChI=1S/C50H94N20O12/c51-16-4-1-11-31(58)43(75)68-42(38(72)25-57)49(81)69-41(37(71)24-56)48(80)62-28-40(74)65-34(14-9-20-55)50(82)70-22-10-15-36(70)47(79)67-35(23-30-26-59-29-63-30)46(78)66-33(13-3-6-18-53)45(77)61-27-39(73)64-32(12-2-5-17-52)44(76)60-21-8-7-19-54/h26,29,31-38,41-42,71-72H,1-25,27-28,51-58H2,(H,59,63)(H,60,76)(H,61,77)(H,62,80)(H,64,73)(H,65,74)(H,66,78)(H,67,79)(H,68,75)(H,69,81)/t31?,32-,33-,34+,35?,36?,37-,38-,41-,42-/m0/s1. The monoisotopic (exact) mass is 1170 g/mol. The number of aliphatic hydroxyl groups is 2. The van der Waals surface area contributed by atoms with Crippen LogP contribution < -0.4 is 93.7 Å². The maximum absolute atomic E-state index is 14.3. The van der Waals surface area contributed by atoms with Crippen LogP contribution in [0.3, 0.4) is 0 Å². The van der Waals surface area contributed by atoms with Crippen LogP contribution in [-0.4, -0.2) is 217 Å². The first-order valence-electron chi connectivity index (χ1n) is 28.2. The Morgan fingerprint density at radius 2 is 1.05 bits per heavy atom. The highest BCUT2D eigenvalue weighted by atomic mass is 16.3. The number of nitrogens with zero attached hydrogens (tertiary/aromatic N) is 2. The third kappa shape index (κ3) is 26.2. The summed E-state index contributed by atoms with van der Waals surface area (Å²) < 4.78 is 0. The van der Waals surface area contributed by atoms with Crippen molar-refractivity contribution in [2.24, 2.45) is 45.9 Å². The van der Waals surface area contributed by atoms with Crippen molar-refractivity contribution in [3.05, 3.63) is 18.2 Å². The molecule has 1 aromatic heterocycles. The van der Waals surface area contributed by atoms with Crippen molar-refractivity contribution < 1.29 is 58.2 Å². The highest BCUT2D eigenvalue weighted by Crippen LogP contribution is 2.20. The fourth-order valence-electron chi connectivity index (χ4n) is 8.72. The summed E-state index contributed by atoms with van der Waals surface area (Å²) in [6.45, 7) is -0.339. The molecule has 0 aliphatic carbocycles. The zero-order valence-electron chi connectivity index (χ0n) is 47.0. The lowest BCUT2D eigenvalue weighted by molar-refractivity contribution is -0.142. The first-order valence-corrected chi connectivity index (χ1v) is 28.2. The molecule has 1 aromatic rings. The first-order chi connectivity index (χ1) is 39.3. The van der Waals surface area contributed by atoms with E-state index in [9.17, 15) is 58.2 Å². The van der Waals surface area contributed by atoms with Gasteiger partial charge < -0.3 is 114 Å². The van der Waals surface area contributed by atoms with Gasteiger partial charge in [0.25, 0.3) is 0 Å². The number of hydrogen-bond donors (Lipinski definition) is 20. The van der Waals surface area contributed by atoms with Gasteiger partial charge in [0.1, 0.15) is 42.3 Å². The average Bonchev–Trinajstić information content (AvgIpc) is 4.21. The normalized spacial score (nSPS) is 16.4.